The lowest BCUT2D eigenvalue weighted by molar-refractivity contribution is 0.0697. The summed E-state index contributed by atoms with van der Waals surface area (Å²) in [6, 6.07) is 26.6. The van der Waals surface area contributed by atoms with E-state index in [4.69, 9.17) is 28.2 Å². The minimum atomic E-state index is -3.30. The van der Waals surface area contributed by atoms with Gasteiger partial charge in [-0.05, 0) is 70.8 Å². The van der Waals surface area contributed by atoms with Gasteiger partial charge in [-0.3, -0.25) is 0 Å². The number of hydrogen-bond acceptors (Lipinski definition) is 4. The summed E-state index contributed by atoms with van der Waals surface area (Å²) in [5, 5.41) is 10.2. The standard InChI is InChI=1S/C32H24Cl2N2O4S/c1-41(39,40)27-4-2-3-25(17-27)23-10-5-21(6-11-23)9-16-31-35-30(28-15-14-26(33)18-29(28)34)20-36(31)19-22-7-12-24(13-8-22)32(37)38/h2-18,20H,19H2,1H3,(H,37,38). The van der Waals surface area contributed by atoms with Gasteiger partial charge in [-0.2, -0.15) is 0 Å². The van der Waals surface area contributed by atoms with Crippen molar-refractivity contribution in [2.24, 2.45) is 0 Å². The smallest absolute Gasteiger partial charge is 0.335 e. The summed E-state index contributed by atoms with van der Waals surface area (Å²) in [7, 11) is -3.30. The molecule has 1 N–H and O–H groups in total. The van der Waals surface area contributed by atoms with Crippen molar-refractivity contribution in [3.63, 3.8) is 0 Å². The van der Waals surface area contributed by atoms with Crippen LogP contribution < -0.4 is 0 Å². The van der Waals surface area contributed by atoms with Crippen molar-refractivity contribution in [3.8, 4) is 22.4 Å². The summed E-state index contributed by atoms with van der Waals surface area (Å²) in [6.45, 7) is 0.466. The van der Waals surface area contributed by atoms with Crippen molar-refractivity contribution in [2.45, 2.75) is 11.4 Å². The van der Waals surface area contributed by atoms with E-state index >= 15 is 0 Å². The Balaban J connectivity index is 1.45. The van der Waals surface area contributed by atoms with Gasteiger partial charge in [0, 0.05) is 29.6 Å². The number of carboxylic acid groups (broad SMARTS) is 1. The van der Waals surface area contributed by atoms with E-state index in [-0.39, 0.29) is 10.5 Å². The van der Waals surface area contributed by atoms with E-state index in [1.54, 1.807) is 54.6 Å². The Labute approximate surface area is 248 Å². The molecule has 0 saturated heterocycles. The molecule has 9 heteroatoms. The molecule has 0 aliphatic carbocycles. The van der Waals surface area contributed by atoms with Crippen LogP contribution in [0, 0.1) is 0 Å². The Kier molecular flexibility index (Phi) is 8.13. The maximum absolute atomic E-state index is 11.9. The molecule has 5 aromatic rings. The molecule has 4 aromatic carbocycles. The number of imidazole rings is 1. The van der Waals surface area contributed by atoms with Crippen LogP contribution in [-0.2, 0) is 16.4 Å². The Morgan fingerprint density at radius 3 is 2.29 bits per heavy atom. The number of aromatic carboxylic acids is 1. The van der Waals surface area contributed by atoms with Gasteiger partial charge in [-0.1, -0.05) is 77.8 Å². The maximum atomic E-state index is 11.9. The molecule has 0 atom stereocenters. The second-order valence-corrected chi connectivity index (χ2v) is 12.4. The first-order valence-corrected chi connectivity index (χ1v) is 15.1. The molecule has 0 saturated carbocycles. The molecule has 0 aliphatic rings. The van der Waals surface area contributed by atoms with Crippen LogP contribution in [-0.4, -0.2) is 35.3 Å². The van der Waals surface area contributed by atoms with Crippen molar-refractivity contribution >= 4 is 51.2 Å². The lowest BCUT2D eigenvalue weighted by Crippen LogP contribution is -2.02. The van der Waals surface area contributed by atoms with Crippen molar-refractivity contribution in [1.29, 1.82) is 0 Å². The first-order valence-electron chi connectivity index (χ1n) is 12.5. The number of sulfone groups is 1. The third-order valence-electron chi connectivity index (χ3n) is 6.50. The van der Waals surface area contributed by atoms with E-state index in [9.17, 15) is 18.3 Å². The summed E-state index contributed by atoms with van der Waals surface area (Å²) >= 11 is 12.6. The minimum absolute atomic E-state index is 0.222. The van der Waals surface area contributed by atoms with Crippen LogP contribution in [0.4, 0.5) is 0 Å². The first-order chi connectivity index (χ1) is 19.6. The van der Waals surface area contributed by atoms with Gasteiger partial charge in [0.1, 0.15) is 5.82 Å². The normalized spacial score (nSPS) is 11.7. The highest BCUT2D eigenvalue weighted by atomic mass is 35.5. The van der Waals surface area contributed by atoms with Crippen LogP contribution in [0.1, 0.15) is 27.3 Å². The quantitative estimate of drug-likeness (QED) is 0.195. The van der Waals surface area contributed by atoms with Gasteiger partial charge in [0.25, 0.3) is 0 Å². The van der Waals surface area contributed by atoms with Gasteiger partial charge in [-0.25, -0.2) is 18.2 Å². The number of benzene rings is 4. The SMILES string of the molecule is CS(=O)(=O)c1cccc(-c2ccc(C=Cc3nc(-c4ccc(Cl)cc4Cl)cn3Cc3ccc(C(=O)O)cc3)cc2)c1. The van der Waals surface area contributed by atoms with Crippen LogP contribution in [0.3, 0.4) is 0 Å². The molecule has 1 heterocycles. The van der Waals surface area contributed by atoms with E-state index in [0.717, 1.165) is 27.8 Å². The molecule has 0 bridgehead atoms. The Morgan fingerprint density at radius 2 is 1.63 bits per heavy atom. The number of nitrogens with zero attached hydrogens (tertiary/aromatic N) is 2. The molecule has 0 aliphatic heterocycles. The number of aromatic nitrogens is 2. The topological polar surface area (TPSA) is 89.3 Å². The third-order valence-corrected chi connectivity index (χ3v) is 8.16. The predicted octanol–water partition coefficient (Wildman–Crippen LogP) is 7.84. The largest absolute Gasteiger partial charge is 0.478 e. The third kappa shape index (κ3) is 6.77. The molecular formula is C32H24Cl2N2O4S. The number of halogens is 2. The van der Waals surface area contributed by atoms with E-state index in [1.165, 1.54) is 6.26 Å². The van der Waals surface area contributed by atoms with Gasteiger partial charge in [0.15, 0.2) is 9.84 Å². The molecule has 0 spiro atoms. The van der Waals surface area contributed by atoms with Crippen LogP contribution in [0.25, 0.3) is 34.5 Å². The fourth-order valence-corrected chi connectivity index (χ4v) is 5.50. The van der Waals surface area contributed by atoms with Crippen LogP contribution >= 0.6 is 23.2 Å². The molecule has 0 fully saturated rings. The summed E-state index contributed by atoms with van der Waals surface area (Å²) < 4.78 is 25.9. The highest BCUT2D eigenvalue weighted by molar-refractivity contribution is 7.90. The van der Waals surface area contributed by atoms with Crippen LogP contribution in [0.15, 0.2) is 102 Å². The van der Waals surface area contributed by atoms with Crippen molar-refractivity contribution in [2.75, 3.05) is 6.26 Å². The predicted molar refractivity (Wildman–Crippen MR) is 164 cm³/mol. The van der Waals surface area contributed by atoms with E-state index in [2.05, 4.69) is 0 Å². The monoisotopic (exact) mass is 602 g/mol. The van der Waals surface area contributed by atoms with Crippen molar-refractivity contribution < 1.29 is 18.3 Å². The van der Waals surface area contributed by atoms with E-state index in [0.29, 0.717) is 28.1 Å². The fourth-order valence-electron chi connectivity index (χ4n) is 4.33. The molecule has 0 amide bonds. The molecule has 5 rings (SSSR count). The number of rotatable bonds is 8. The van der Waals surface area contributed by atoms with Gasteiger partial charge in [0.05, 0.1) is 21.2 Å². The summed E-state index contributed by atoms with van der Waals surface area (Å²) in [4.78, 5) is 16.3. The van der Waals surface area contributed by atoms with Crippen LogP contribution in [0.5, 0.6) is 0 Å². The number of hydrogen-bond donors (Lipinski definition) is 1. The molecule has 41 heavy (non-hydrogen) atoms. The van der Waals surface area contributed by atoms with Gasteiger partial charge in [0.2, 0.25) is 0 Å². The summed E-state index contributed by atoms with van der Waals surface area (Å²) in [5.74, 6) is -0.296. The first kappa shape index (κ1) is 28.4. The highest BCUT2D eigenvalue weighted by Gasteiger charge is 2.13. The number of carboxylic acids is 1. The zero-order valence-electron chi connectivity index (χ0n) is 21.8. The second-order valence-electron chi connectivity index (χ2n) is 9.49. The lowest BCUT2D eigenvalue weighted by Gasteiger charge is -2.06. The number of carbonyl (C=O) groups is 1. The molecule has 206 valence electrons. The Morgan fingerprint density at radius 1 is 0.902 bits per heavy atom. The van der Waals surface area contributed by atoms with Gasteiger partial charge >= 0.3 is 5.97 Å². The maximum Gasteiger partial charge on any atom is 0.335 e. The molecular weight excluding hydrogens is 579 g/mol. The minimum Gasteiger partial charge on any atom is -0.478 e. The average molecular weight is 604 g/mol. The molecule has 6 nitrogen and oxygen atoms in total. The Hall–Kier alpha value is -4.17. The molecule has 1 aromatic heterocycles. The zero-order valence-corrected chi connectivity index (χ0v) is 24.2. The molecule has 0 radical (unpaired) electrons. The van der Waals surface area contributed by atoms with E-state index < -0.39 is 15.8 Å². The Bertz CT molecular complexity index is 1880. The van der Waals surface area contributed by atoms with Crippen molar-refractivity contribution in [3.05, 3.63) is 130 Å². The van der Waals surface area contributed by atoms with Crippen molar-refractivity contribution in [1.82, 2.24) is 9.55 Å². The van der Waals surface area contributed by atoms with E-state index in [1.807, 2.05) is 59.3 Å². The highest BCUT2D eigenvalue weighted by Crippen LogP contribution is 2.31. The second kappa shape index (κ2) is 11.7. The summed E-state index contributed by atoms with van der Waals surface area (Å²) in [6.07, 6.45) is 6.94. The fraction of sp³-hybridized carbons (Fsp3) is 0.0625. The average Bonchev–Trinajstić information content (AvgIpc) is 3.34. The summed E-state index contributed by atoms with van der Waals surface area (Å²) in [5.41, 5.74) is 5.20. The molecule has 0 unspecified atom stereocenters. The zero-order chi connectivity index (χ0) is 29.1. The van der Waals surface area contributed by atoms with Gasteiger partial charge in [-0.15, -0.1) is 0 Å². The lowest BCUT2D eigenvalue weighted by atomic mass is 10.0. The van der Waals surface area contributed by atoms with Crippen LogP contribution in [0.2, 0.25) is 10.0 Å². The van der Waals surface area contributed by atoms with Gasteiger partial charge < -0.3 is 9.67 Å².